The van der Waals surface area contributed by atoms with Gasteiger partial charge in [0.1, 0.15) is 0 Å². The zero-order valence-electron chi connectivity index (χ0n) is 29.1. The van der Waals surface area contributed by atoms with Gasteiger partial charge in [-0.2, -0.15) is 0 Å². The summed E-state index contributed by atoms with van der Waals surface area (Å²) in [6, 6.07) is 25.9. The van der Waals surface area contributed by atoms with Gasteiger partial charge in [0, 0.05) is 70.5 Å². The maximum absolute atomic E-state index is 14.2. The summed E-state index contributed by atoms with van der Waals surface area (Å²) >= 11 is 0. The Morgan fingerprint density at radius 3 is 1.94 bits per heavy atom. The second-order valence-corrected chi connectivity index (χ2v) is 13.1. The summed E-state index contributed by atoms with van der Waals surface area (Å²) in [6.45, 7) is 13.2. The van der Waals surface area contributed by atoms with E-state index in [1.165, 1.54) is 5.56 Å². The molecule has 1 fully saturated rings. The highest BCUT2D eigenvalue weighted by Gasteiger charge is 2.38. The predicted molar refractivity (Wildman–Crippen MR) is 187 cm³/mol. The summed E-state index contributed by atoms with van der Waals surface area (Å²) in [6.07, 6.45) is 1.12. The topological polar surface area (TPSA) is 71.6 Å². The molecule has 0 saturated carbocycles. The van der Waals surface area contributed by atoms with Crippen molar-refractivity contribution in [2.24, 2.45) is 11.8 Å². The third-order valence-electron chi connectivity index (χ3n) is 8.95. The normalized spacial score (nSPS) is 16.4. The zero-order chi connectivity index (χ0) is 33.8. The highest BCUT2D eigenvalue weighted by atomic mass is 16.5. The second-order valence-electron chi connectivity index (χ2n) is 13.1. The molecular weight excluding hydrogens is 590 g/mol. The SMILES string of the molecule is COCCCOc1cc(C(=O)N(CC2CN(Cc3ccccc3)CC2CN(C(=O)Cc2ccccc2)C(C)C)C(C)C)ccc1OC. The Kier molecular flexibility index (Phi) is 13.7. The lowest BCUT2D eigenvalue weighted by Gasteiger charge is -2.35. The van der Waals surface area contributed by atoms with Crippen molar-refractivity contribution in [1.29, 1.82) is 0 Å². The summed E-state index contributed by atoms with van der Waals surface area (Å²) in [7, 11) is 3.27. The van der Waals surface area contributed by atoms with Gasteiger partial charge in [-0.1, -0.05) is 60.7 Å². The minimum absolute atomic E-state index is 0.0135. The van der Waals surface area contributed by atoms with Crippen LogP contribution in [0.4, 0.5) is 0 Å². The van der Waals surface area contributed by atoms with Crippen molar-refractivity contribution >= 4 is 11.8 Å². The molecule has 2 atom stereocenters. The fourth-order valence-corrected chi connectivity index (χ4v) is 6.40. The lowest BCUT2D eigenvalue weighted by molar-refractivity contribution is -0.133. The lowest BCUT2D eigenvalue weighted by atomic mass is 9.93. The molecule has 0 N–H and O–H groups in total. The molecule has 1 aliphatic rings. The van der Waals surface area contributed by atoms with Crippen LogP contribution in [0.2, 0.25) is 0 Å². The first-order valence-electron chi connectivity index (χ1n) is 16.9. The van der Waals surface area contributed by atoms with Crippen molar-refractivity contribution in [2.45, 2.75) is 59.2 Å². The summed E-state index contributed by atoms with van der Waals surface area (Å²) in [5.74, 6) is 1.65. The first-order chi connectivity index (χ1) is 22.7. The molecule has 0 spiro atoms. The van der Waals surface area contributed by atoms with Crippen LogP contribution < -0.4 is 9.47 Å². The van der Waals surface area contributed by atoms with Crippen LogP contribution in [0.25, 0.3) is 0 Å². The Bertz CT molecular complexity index is 1400. The van der Waals surface area contributed by atoms with Crippen LogP contribution in [-0.4, -0.2) is 92.2 Å². The number of likely N-dealkylation sites (tertiary alicyclic amines) is 1. The van der Waals surface area contributed by atoms with Crippen molar-refractivity contribution < 1.29 is 23.8 Å². The molecule has 3 aromatic carbocycles. The monoisotopic (exact) mass is 643 g/mol. The number of amides is 2. The number of carbonyl (C=O) groups excluding carboxylic acids is 2. The van der Waals surface area contributed by atoms with Crippen molar-refractivity contribution in [3.05, 3.63) is 95.6 Å². The molecule has 254 valence electrons. The Labute approximate surface area is 281 Å². The van der Waals surface area contributed by atoms with Gasteiger partial charge in [0.25, 0.3) is 5.91 Å². The van der Waals surface area contributed by atoms with Crippen LogP contribution in [0.3, 0.4) is 0 Å². The molecule has 2 unspecified atom stereocenters. The number of rotatable bonds is 17. The van der Waals surface area contributed by atoms with E-state index in [0.717, 1.165) is 31.6 Å². The number of hydrogen-bond donors (Lipinski definition) is 0. The fraction of sp³-hybridized carbons (Fsp3) is 0.487. The molecule has 0 aliphatic carbocycles. The highest BCUT2D eigenvalue weighted by Crippen LogP contribution is 2.31. The van der Waals surface area contributed by atoms with Gasteiger partial charge in [-0.05, 0) is 68.9 Å². The number of ether oxygens (including phenoxy) is 3. The number of methoxy groups -OCH3 is 2. The smallest absolute Gasteiger partial charge is 0.254 e. The van der Waals surface area contributed by atoms with E-state index in [-0.39, 0.29) is 35.7 Å². The number of carbonyl (C=O) groups is 2. The van der Waals surface area contributed by atoms with Crippen LogP contribution in [0.5, 0.6) is 11.5 Å². The van der Waals surface area contributed by atoms with E-state index >= 15 is 0 Å². The minimum atomic E-state index is -0.0366. The molecule has 0 radical (unpaired) electrons. The Morgan fingerprint density at radius 1 is 0.766 bits per heavy atom. The van der Waals surface area contributed by atoms with E-state index in [9.17, 15) is 9.59 Å². The first kappa shape index (κ1) is 36.0. The van der Waals surface area contributed by atoms with Crippen LogP contribution >= 0.6 is 0 Å². The average Bonchev–Trinajstić information content (AvgIpc) is 3.44. The maximum atomic E-state index is 14.2. The molecule has 4 rings (SSSR count). The van der Waals surface area contributed by atoms with E-state index in [0.29, 0.717) is 49.8 Å². The summed E-state index contributed by atoms with van der Waals surface area (Å²) in [5, 5.41) is 0. The van der Waals surface area contributed by atoms with E-state index in [2.05, 4.69) is 56.9 Å². The Balaban J connectivity index is 1.55. The minimum Gasteiger partial charge on any atom is -0.493 e. The van der Waals surface area contributed by atoms with E-state index < -0.39 is 0 Å². The van der Waals surface area contributed by atoms with E-state index in [4.69, 9.17) is 14.2 Å². The molecule has 0 aromatic heterocycles. The number of nitrogens with zero attached hydrogens (tertiary/aromatic N) is 3. The van der Waals surface area contributed by atoms with Crippen molar-refractivity contribution in [3.8, 4) is 11.5 Å². The summed E-state index contributed by atoms with van der Waals surface area (Å²) < 4.78 is 16.7. The van der Waals surface area contributed by atoms with Crippen molar-refractivity contribution in [3.63, 3.8) is 0 Å². The molecular formula is C39H53N3O5. The van der Waals surface area contributed by atoms with Gasteiger partial charge >= 0.3 is 0 Å². The highest BCUT2D eigenvalue weighted by molar-refractivity contribution is 5.95. The van der Waals surface area contributed by atoms with Gasteiger partial charge in [-0.15, -0.1) is 0 Å². The Hall–Kier alpha value is -3.88. The molecule has 1 saturated heterocycles. The van der Waals surface area contributed by atoms with Crippen LogP contribution in [0.1, 0.15) is 55.6 Å². The van der Waals surface area contributed by atoms with Crippen LogP contribution in [0.15, 0.2) is 78.9 Å². The molecule has 1 heterocycles. The van der Waals surface area contributed by atoms with Gasteiger partial charge in [0.05, 0.1) is 20.1 Å². The Morgan fingerprint density at radius 2 is 1.36 bits per heavy atom. The quantitative estimate of drug-likeness (QED) is 0.164. The van der Waals surface area contributed by atoms with E-state index in [1.807, 2.05) is 52.3 Å². The predicted octanol–water partition coefficient (Wildman–Crippen LogP) is 6.19. The average molecular weight is 644 g/mol. The molecule has 2 amide bonds. The molecule has 0 bridgehead atoms. The third kappa shape index (κ3) is 10.3. The number of hydrogen-bond acceptors (Lipinski definition) is 6. The lowest BCUT2D eigenvalue weighted by Crippen LogP contribution is -2.46. The first-order valence-corrected chi connectivity index (χ1v) is 16.9. The molecule has 1 aliphatic heterocycles. The van der Waals surface area contributed by atoms with E-state index in [1.54, 1.807) is 26.4 Å². The number of benzene rings is 3. The molecule has 47 heavy (non-hydrogen) atoms. The maximum Gasteiger partial charge on any atom is 0.254 e. The van der Waals surface area contributed by atoms with Gasteiger partial charge in [-0.25, -0.2) is 0 Å². The van der Waals surface area contributed by atoms with Gasteiger partial charge in [0.15, 0.2) is 11.5 Å². The standard InChI is InChI=1S/C39H53N3O5/c1-29(2)41(38(43)22-31-14-9-7-10-15-31)27-34-25-40(24-32-16-11-8-12-17-32)26-35(34)28-42(30(3)4)39(44)33-18-19-36(46-6)37(23-33)47-21-13-20-45-5/h7-12,14-19,23,29-30,34-35H,13,20-22,24-28H2,1-6H3. The molecule has 3 aromatic rings. The van der Waals surface area contributed by atoms with Gasteiger partial charge < -0.3 is 24.0 Å². The summed E-state index contributed by atoms with van der Waals surface area (Å²) in [5.41, 5.74) is 2.86. The molecule has 8 nitrogen and oxygen atoms in total. The van der Waals surface area contributed by atoms with Crippen LogP contribution in [-0.2, 0) is 22.5 Å². The van der Waals surface area contributed by atoms with Crippen molar-refractivity contribution in [2.75, 3.05) is 53.6 Å². The molecule has 8 heteroatoms. The largest absolute Gasteiger partial charge is 0.493 e. The van der Waals surface area contributed by atoms with Gasteiger partial charge in [0.2, 0.25) is 5.91 Å². The zero-order valence-corrected chi connectivity index (χ0v) is 29.1. The van der Waals surface area contributed by atoms with Crippen molar-refractivity contribution in [1.82, 2.24) is 14.7 Å². The van der Waals surface area contributed by atoms with Crippen LogP contribution in [0, 0.1) is 11.8 Å². The third-order valence-corrected chi connectivity index (χ3v) is 8.95. The second kappa shape index (κ2) is 17.9. The fourth-order valence-electron chi connectivity index (χ4n) is 6.40. The van der Waals surface area contributed by atoms with Gasteiger partial charge in [-0.3, -0.25) is 14.5 Å². The summed E-state index contributed by atoms with van der Waals surface area (Å²) in [4.78, 5) is 34.3.